The van der Waals surface area contributed by atoms with E-state index in [0.29, 0.717) is 18.4 Å². The molecule has 0 aromatic heterocycles. The quantitative estimate of drug-likeness (QED) is 0.713. The van der Waals surface area contributed by atoms with Crippen LogP contribution in [0.3, 0.4) is 0 Å². The standard InChI is InChI=1S/C10H8FNO/c11-7-1-2-9(13)8(5-7)10(6-12)3-4-10/h1-2,5,13H,3-4H2. The van der Waals surface area contributed by atoms with Gasteiger partial charge in [0.25, 0.3) is 0 Å². The fourth-order valence-electron chi connectivity index (χ4n) is 1.46. The second-order valence-electron chi connectivity index (χ2n) is 3.36. The first-order valence-corrected chi connectivity index (χ1v) is 4.08. The van der Waals surface area contributed by atoms with Crippen LogP contribution in [-0.2, 0) is 5.41 Å². The average molecular weight is 177 g/mol. The Morgan fingerprint density at radius 3 is 2.69 bits per heavy atom. The molecule has 0 spiro atoms. The van der Waals surface area contributed by atoms with Crippen LogP contribution < -0.4 is 0 Å². The Kier molecular flexibility index (Phi) is 1.53. The van der Waals surface area contributed by atoms with Crippen molar-refractivity contribution in [3.05, 3.63) is 29.6 Å². The second-order valence-corrected chi connectivity index (χ2v) is 3.36. The molecule has 66 valence electrons. The van der Waals surface area contributed by atoms with Crippen molar-refractivity contribution < 1.29 is 9.50 Å². The summed E-state index contributed by atoms with van der Waals surface area (Å²) in [5.74, 6) is -0.394. The normalized spacial score (nSPS) is 17.8. The summed E-state index contributed by atoms with van der Waals surface area (Å²) < 4.78 is 12.8. The molecule has 1 fully saturated rings. The number of nitrogens with zero attached hydrogens (tertiary/aromatic N) is 1. The monoisotopic (exact) mass is 177 g/mol. The van der Waals surface area contributed by atoms with E-state index in [9.17, 15) is 9.50 Å². The maximum absolute atomic E-state index is 12.8. The van der Waals surface area contributed by atoms with Gasteiger partial charge in [-0.3, -0.25) is 0 Å². The molecule has 13 heavy (non-hydrogen) atoms. The number of benzene rings is 1. The Bertz CT molecular complexity index is 390. The first kappa shape index (κ1) is 8.06. The Balaban J connectivity index is 2.52. The van der Waals surface area contributed by atoms with Crippen LogP contribution in [-0.4, -0.2) is 5.11 Å². The van der Waals surface area contributed by atoms with Crippen LogP contribution in [0.2, 0.25) is 0 Å². The number of phenolic OH excluding ortho intramolecular Hbond substituents is 1. The lowest BCUT2D eigenvalue weighted by atomic mass is 9.97. The second kappa shape index (κ2) is 2.46. The molecule has 0 aliphatic heterocycles. The summed E-state index contributed by atoms with van der Waals surface area (Å²) in [6.07, 6.45) is 1.42. The first-order valence-electron chi connectivity index (χ1n) is 4.08. The highest BCUT2D eigenvalue weighted by atomic mass is 19.1. The van der Waals surface area contributed by atoms with E-state index < -0.39 is 11.2 Å². The van der Waals surface area contributed by atoms with Gasteiger partial charge in [-0.25, -0.2) is 4.39 Å². The molecule has 1 aliphatic carbocycles. The van der Waals surface area contributed by atoms with Gasteiger partial charge in [-0.2, -0.15) is 5.26 Å². The van der Waals surface area contributed by atoms with Crippen LogP contribution in [0.1, 0.15) is 18.4 Å². The predicted molar refractivity (Wildman–Crippen MR) is 44.6 cm³/mol. The third-order valence-electron chi connectivity index (χ3n) is 2.44. The van der Waals surface area contributed by atoms with Crippen molar-refractivity contribution in [2.45, 2.75) is 18.3 Å². The van der Waals surface area contributed by atoms with Crippen molar-refractivity contribution >= 4 is 0 Å². The van der Waals surface area contributed by atoms with E-state index in [-0.39, 0.29) is 5.75 Å². The third kappa shape index (κ3) is 1.15. The number of aromatic hydroxyl groups is 1. The summed E-state index contributed by atoms with van der Waals surface area (Å²) in [6.45, 7) is 0. The largest absolute Gasteiger partial charge is 0.508 e. The topological polar surface area (TPSA) is 44.0 Å². The van der Waals surface area contributed by atoms with Crippen molar-refractivity contribution in [2.24, 2.45) is 0 Å². The Labute approximate surface area is 75.2 Å². The molecule has 1 aliphatic rings. The van der Waals surface area contributed by atoms with Crippen LogP contribution in [0, 0.1) is 17.1 Å². The predicted octanol–water partition coefficient (Wildman–Crippen LogP) is 2.09. The molecule has 1 N–H and O–H groups in total. The molecule has 3 heteroatoms. The van der Waals surface area contributed by atoms with Crippen molar-refractivity contribution in [1.29, 1.82) is 5.26 Å². The van der Waals surface area contributed by atoms with E-state index >= 15 is 0 Å². The minimum Gasteiger partial charge on any atom is -0.508 e. The summed E-state index contributed by atoms with van der Waals surface area (Å²) in [4.78, 5) is 0. The van der Waals surface area contributed by atoms with Gasteiger partial charge in [0.2, 0.25) is 0 Å². The van der Waals surface area contributed by atoms with Crippen LogP contribution in [0.4, 0.5) is 4.39 Å². The fraction of sp³-hybridized carbons (Fsp3) is 0.300. The molecule has 2 nitrogen and oxygen atoms in total. The molecule has 1 aromatic rings. The highest BCUT2D eigenvalue weighted by molar-refractivity contribution is 5.47. The van der Waals surface area contributed by atoms with Crippen molar-refractivity contribution in [1.82, 2.24) is 0 Å². The van der Waals surface area contributed by atoms with Gasteiger partial charge in [0, 0.05) is 5.56 Å². The number of rotatable bonds is 1. The van der Waals surface area contributed by atoms with Gasteiger partial charge in [0.1, 0.15) is 11.6 Å². The lowest BCUT2D eigenvalue weighted by Gasteiger charge is -2.07. The molecule has 0 amide bonds. The zero-order chi connectivity index (χ0) is 9.47. The molecule has 0 radical (unpaired) electrons. The molecule has 0 unspecified atom stereocenters. The Morgan fingerprint density at radius 1 is 1.46 bits per heavy atom. The molecule has 0 heterocycles. The van der Waals surface area contributed by atoms with Gasteiger partial charge in [0.05, 0.1) is 11.5 Å². The zero-order valence-corrected chi connectivity index (χ0v) is 6.92. The average Bonchev–Trinajstić information content (AvgIpc) is 2.90. The highest BCUT2D eigenvalue weighted by Gasteiger charge is 2.46. The van der Waals surface area contributed by atoms with Crippen molar-refractivity contribution in [3.8, 4) is 11.8 Å². The van der Waals surface area contributed by atoms with E-state index in [0.717, 1.165) is 0 Å². The maximum atomic E-state index is 12.8. The summed E-state index contributed by atoms with van der Waals surface area (Å²) in [5.41, 5.74) is -0.193. The van der Waals surface area contributed by atoms with Gasteiger partial charge in [0.15, 0.2) is 0 Å². The number of nitriles is 1. The van der Waals surface area contributed by atoms with Gasteiger partial charge in [-0.15, -0.1) is 0 Å². The Hall–Kier alpha value is -1.56. The Morgan fingerprint density at radius 2 is 2.15 bits per heavy atom. The van der Waals surface area contributed by atoms with Crippen LogP contribution in [0.25, 0.3) is 0 Å². The fourth-order valence-corrected chi connectivity index (χ4v) is 1.46. The number of halogens is 1. The summed E-state index contributed by atoms with van der Waals surface area (Å²) in [5, 5.41) is 18.3. The molecule has 1 saturated carbocycles. The molecule has 1 aromatic carbocycles. The van der Waals surface area contributed by atoms with E-state index in [1.54, 1.807) is 0 Å². The SMILES string of the molecule is N#CC1(c2cc(F)ccc2O)CC1. The minimum atomic E-state index is -0.619. The van der Waals surface area contributed by atoms with E-state index in [4.69, 9.17) is 5.26 Å². The number of hydrogen-bond donors (Lipinski definition) is 1. The van der Waals surface area contributed by atoms with E-state index in [1.165, 1.54) is 18.2 Å². The smallest absolute Gasteiger partial charge is 0.123 e. The van der Waals surface area contributed by atoms with Crippen molar-refractivity contribution in [3.63, 3.8) is 0 Å². The van der Waals surface area contributed by atoms with Gasteiger partial charge in [-0.1, -0.05) is 0 Å². The molecule has 0 bridgehead atoms. The molecule has 0 saturated heterocycles. The summed E-state index contributed by atoms with van der Waals surface area (Å²) in [6, 6.07) is 5.83. The van der Waals surface area contributed by atoms with Crippen LogP contribution in [0.15, 0.2) is 18.2 Å². The maximum Gasteiger partial charge on any atom is 0.123 e. The summed E-state index contributed by atoms with van der Waals surface area (Å²) in [7, 11) is 0. The van der Waals surface area contributed by atoms with Gasteiger partial charge < -0.3 is 5.11 Å². The van der Waals surface area contributed by atoms with Crippen LogP contribution in [0.5, 0.6) is 5.75 Å². The zero-order valence-electron chi connectivity index (χ0n) is 6.92. The third-order valence-corrected chi connectivity index (χ3v) is 2.44. The summed E-state index contributed by atoms with van der Waals surface area (Å²) >= 11 is 0. The van der Waals surface area contributed by atoms with Crippen LogP contribution >= 0.6 is 0 Å². The number of phenols is 1. The van der Waals surface area contributed by atoms with Gasteiger partial charge in [-0.05, 0) is 31.0 Å². The molecular formula is C10H8FNO. The van der Waals surface area contributed by atoms with Gasteiger partial charge >= 0.3 is 0 Å². The molecule has 2 rings (SSSR count). The van der Waals surface area contributed by atoms with Crippen molar-refractivity contribution in [2.75, 3.05) is 0 Å². The van der Waals surface area contributed by atoms with E-state index in [2.05, 4.69) is 6.07 Å². The molecular weight excluding hydrogens is 169 g/mol. The lowest BCUT2D eigenvalue weighted by Crippen LogP contribution is -2.03. The molecule has 0 atom stereocenters. The number of hydrogen-bond acceptors (Lipinski definition) is 2. The highest BCUT2D eigenvalue weighted by Crippen LogP contribution is 2.50. The minimum absolute atomic E-state index is 0.0143. The van der Waals surface area contributed by atoms with E-state index in [1.807, 2.05) is 0 Å². The first-order chi connectivity index (χ1) is 6.18. The lowest BCUT2D eigenvalue weighted by molar-refractivity contribution is 0.462.